The Balaban J connectivity index is 2.92. The minimum atomic E-state index is 1.05. The highest BCUT2D eigenvalue weighted by atomic mass is 14.9. The fourth-order valence-electron chi connectivity index (χ4n) is 1.43. The molecule has 0 unspecified atom stereocenters. The maximum absolute atomic E-state index is 3.91. The number of hydrogen-bond donors (Lipinski definition) is 1. The van der Waals surface area contributed by atoms with Crippen LogP contribution in [0.5, 0.6) is 0 Å². The lowest BCUT2D eigenvalue weighted by Crippen LogP contribution is -1.99. The Labute approximate surface area is 86.1 Å². The molecule has 0 saturated heterocycles. The quantitative estimate of drug-likeness (QED) is 0.573. The fourth-order valence-corrected chi connectivity index (χ4v) is 1.43. The van der Waals surface area contributed by atoms with Crippen LogP contribution in [0.25, 0.3) is 0 Å². The summed E-state index contributed by atoms with van der Waals surface area (Å²) in [5.41, 5.74) is 3.90. The van der Waals surface area contributed by atoms with Gasteiger partial charge in [0.25, 0.3) is 0 Å². The van der Waals surface area contributed by atoms with Crippen molar-refractivity contribution in [2.45, 2.75) is 26.7 Å². The monoisotopic (exact) mass is 190 g/mol. The van der Waals surface area contributed by atoms with Crippen molar-refractivity contribution in [1.82, 2.24) is 0 Å². The van der Waals surface area contributed by atoms with E-state index in [1.807, 2.05) is 0 Å². The minimum Gasteiger partial charge on any atom is -0.347 e. The summed E-state index contributed by atoms with van der Waals surface area (Å²) in [6.07, 6.45) is 3.86. The second kappa shape index (κ2) is 5.43. The van der Waals surface area contributed by atoms with Crippen molar-refractivity contribution in [3.05, 3.63) is 29.3 Å². The molecule has 76 valence electrons. The molecule has 1 aromatic rings. The molecular weight excluding hydrogens is 172 g/mol. The Bertz CT molecular complexity index is 316. The maximum atomic E-state index is 3.91. The van der Waals surface area contributed by atoms with Crippen LogP contribution in [0.4, 0.5) is 5.69 Å². The van der Waals surface area contributed by atoms with Gasteiger partial charge in [0.05, 0.1) is 6.34 Å². The van der Waals surface area contributed by atoms with Crippen LogP contribution in [0.1, 0.15) is 25.0 Å². The van der Waals surface area contributed by atoms with Crippen molar-refractivity contribution in [1.29, 1.82) is 0 Å². The van der Waals surface area contributed by atoms with Gasteiger partial charge in [-0.05, 0) is 30.0 Å². The molecule has 2 nitrogen and oxygen atoms in total. The highest BCUT2D eigenvalue weighted by Crippen LogP contribution is 2.17. The molecule has 1 aromatic carbocycles. The van der Waals surface area contributed by atoms with Crippen LogP contribution in [-0.2, 0) is 12.8 Å². The molecule has 0 aromatic heterocycles. The van der Waals surface area contributed by atoms with Gasteiger partial charge in [0.1, 0.15) is 0 Å². The molecule has 0 fully saturated rings. The molecule has 2 heteroatoms. The Morgan fingerprint density at radius 2 is 2.07 bits per heavy atom. The first-order valence-corrected chi connectivity index (χ1v) is 5.10. The molecular formula is C12H18N2. The smallest absolute Gasteiger partial charge is 0.0864 e. The number of aliphatic imine (C=N–C) groups is 1. The van der Waals surface area contributed by atoms with Crippen LogP contribution < -0.4 is 5.32 Å². The first-order chi connectivity index (χ1) is 6.81. The number of nitrogens with one attached hydrogen (secondary N) is 1. The molecule has 0 aliphatic rings. The van der Waals surface area contributed by atoms with E-state index in [1.54, 1.807) is 13.4 Å². The van der Waals surface area contributed by atoms with Crippen molar-refractivity contribution >= 4 is 12.0 Å². The standard InChI is InChI=1S/C12H18N2/c1-4-10-6-7-12(14-9-13-3)11(5-2)8-10/h6-9H,4-5H2,1-3H3,(H,13,14). The topological polar surface area (TPSA) is 24.4 Å². The van der Waals surface area contributed by atoms with Gasteiger partial charge in [0, 0.05) is 12.7 Å². The predicted molar refractivity (Wildman–Crippen MR) is 63.2 cm³/mol. The summed E-state index contributed by atoms with van der Waals surface area (Å²) in [5.74, 6) is 0. The average Bonchev–Trinajstić information content (AvgIpc) is 2.26. The van der Waals surface area contributed by atoms with Crippen molar-refractivity contribution in [2.24, 2.45) is 4.99 Å². The van der Waals surface area contributed by atoms with Crippen molar-refractivity contribution < 1.29 is 0 Å². The van der Waals surface area contributed by atoms with Crippen LogP contribution >= 0.6 is 0 Å². The summed E-state index contributed by atoms with van der Waals surface area (Å²) in [7, 11) is 1.76. The zero-order chi connectivity index (χ0) is 10.4. The summed E-state index contributed by atoms with van der Waals surface area (Å²) in [4.78, 5) is 3.91. The molecule has 14 heavy (non-hydrogen) atoms. The number of nitrogens with zero attached hydrogens (tertiary/aromatic N) is 1. The van der Waals surface area contributed by atoms with Crippen LogP contribution in [0.3, 0.4) is 0 Å². The highest BCUT2D eigenvalue weighted by molar-refractivity contribution is 5.77. The maximum Gasteiger partial charge on any atom is 0.0864 e. The van der Waals surface area contributed by atoms with E-state index >= 15 is 0 Å². The lowest BCUT2D eigenvalue weighted by atomic mass is 10.0. The van der Waals surface area contributed by atoms with E-state index in [0.717, 1.165) is 18.5 Å². The first-order valence-electron chi connectivity index (χ1n) is 5.10. The molecule has 0 heterocycles. The van der Waals surface area contributed by atoms with Gasteiger partial charge in [-0.3, -0.25) is 4.99 Å². The summed E-state index contributed by atoms with van der Waals surface area (Å²) < 4.78 is 0. The van der Waals surface area contributed by atoms with Crippen LogP contribution in [0.2, 0.25) is 0 Å². The number of anilines is 1. The number of rotatable bonds is 4. The average molecular weight is 190 g/mol. The molecule has 0 aliphatic heterocycles. The van der Waals surface area contributed by atoms with Crippen molar-refractivity contribution in [3.8, 4) is 0 Å². The third-order valence-corrected chi connectivity index (χ3v) is 2.31. The van der Waals surface area contributed by atoms with E-state index in [0.29, 0.717) is 0 Å². The molecule has 0 radical (unpaired) electrons. The Morgan fingerprint density at radius 1 is 1.29 bits per heavy atom. The number of benzene rings is 1. The van der Waals surface area contributed by atoms with E-state index in [1.165, 1.54) is 11.1 Å². The lowest BCUT2D eigenvalue weighted by Gasteiger charge is -2.08. The van der Waals surface area contributed by atoms with Gasteiger partial charge < -0.3 is 5.32 Å². The molecule has 0 saturated carbocycles. The molecule has 0 bridgehead atoms. The van der Waals surface area contributed by atoms with E-state index in [4.69, 9.17) is 0 Å². The second-order valence-electron chi connectivity index (χ2n) is 3.23. The van der Waals surface area contributed by atoms with E-state index in [9.17, 15) is 0 Å². The van der Waals surface area contributed by atoms with Gasteiger partial charge in [-0.25, -0.2) is 0 Å². The van der Waals surface area contributed by atoms with Crippen LogP contribution in [0, 0.1) is 0 Å². The van der Waals surface area contributed by atoms with Crippen molar-refractivity contribution in [2.75, 3.05) is 12.4 Å². The largest absolute Gasteiger partial charge is 0.347 e. The molecule has 0 atom stereocenters. The zero-order valence-corrected chi connectivity index (χ0v) is 9.17. The van der Waals surface area contributed by atoms with Gasteiger partial charge in [-0.15, -0.1) is 0 Å². The summed E-state index contributed by atoms with van der Waals surface area (Å²) in [6.45, 7) is 4.35. The summed E-state index contributed by atoms with van der Waals surface area (Å²) >= 11 is 0. The van der Waals surface area contributed by atoms with Gasteiger partial charge in [-0.1, -0.05) is 26.0 Å². The molecule has 0 spiro atoms. The minimum absolute atomic E-state index is 1.05. The van der Waals surface area contributed by atoms with Gasteiger partial charge >= 0.3 is 0 Å². The molecule has 0 aliphatic carbocycles. The van der Waals surface area contributed by atoms with E-state index in [-0.39, 0.29) is 0 Å². The number of aryl methyl sites for hydroxylation is 2. The summed E-state index contributed by atoms with van der Waals surface area (Å²) in [6, 6.07) is 6.54. The fraction of sp³-hybridized carbons (Fsp3) is 0.417. The molecule has 0 amide bonds. The molecule has 1 rings (SSSR count). The van der Waals surface area contributed by atoms with Gasteiger partial charge in [0.15, 0.2) is 0 Å². The third kappa shape index (κ3) is 2.59. The van der Waals surface area contributed by atoms with Gasteiger partial charge in [0.2, 0.25) is 0 Å². The van der Waals surface area contributed by atoms with Crippen LogP contribution in [-0.4, -0.2) is 13.4 Å². The Hall–Kier alpha value is -1.31. The lowest BCUT2D eigenvalue weighted by molar-refractivity contribution is 1.09. The SMILES string of the molecule is CCc1ccc(NC=NC)c(CC)c1. The first kappa shape index (κ1) is 10.8. The normalized spacial score (nSPS) is 10.8. The van der Waals surface area contributed by atoms with E-state index < -0.39 is 0 Å². The second-order valence-corrected chi connectivity index (χ2v) is 3.23. The predicted octanol–water partition coefficient (Wildman–Crippen LogP) is 2.88. The third-order valence-electron chi connectivity index (χ3n) is 2.31. The van der Waals surface area contributed by atoms with Crippen molar-refractivity contribution in [3.63, 3.8) is 0 Å². The van der Waals surface area contributed by atoms with E-state index in [2.05, 4.69) is 42.4 Å². The Kier molecular flexibility index (Phi) is 4.17. The molecule has 1 N–H and O–H groups in total. The Morgan fingerprint density at radius 3 is 2.64 bits per heavy atom. The zero-order valence-electron chi connectivity index (χ0n) is 9.17. The van der Waals surface area contributed by atoms with Crippen LogP contribution in [0.15, 0.2) is 23.2 Å². The van der Waals surface area contributed by atoms with Gasteiger partial charge in [-0.2, -0.15) is 0 Å². The highest BCUT2D eigenvalue weighted by Gasteiger charge is 1.99. The summed E-state index contributed by atoms with van der Waals surface area (Å²) in [5, 5.41) is 3.17. The number of hydrogen-bond acceptors (Lipinski definition) is 1.